The van der Waals surface area contributed by atoms with E-state index in [0.717, 1.165) is 5.56 Å². The molecule has 96 valence electrons. The van der Waals surface area contributed by atoms with Crippen LogP contribution in [0.1, 0.15) is 17.5 Å². The van der Waals surface area contributed by atoms with Gasteiger partial charge < -0.3 is 0 Å². The Bertz CT molecular complexity index is 349. The summed E-state index contributed by atoms with van der Waals surface area (Å²) in [6.45, 7) is 2.74. The Kier molecular flexibility index (Phi) is 4.67. The van der Waals surface area contributed by atoms with Crippen LogP contribution in [-0.4, -0.2) is 19.8 Å². The van der Waals surface area contributed by atoms with E-state index in [4.69, 9.17) is 11.6 Å². The molecule has 0 aliphatic heterocycles. The molecule has 0 heterocycles. The molecule has 17 heavy (non-hydrogen) atoms. The van der Waals surface area contributed by atoms with E-state index >= 15 is 0 Å². The molecule has 5 heteroatoms. The largest absolute Gasteiger partial charge is 0.361 e. The first-order valence-electron chi connectivity index (χ1n) is 5.48. The number of rotatable bonds is 4. The van der Waals surface area contributed by atoms with E-state index < -0.39 is 19.4 Å². The second kappa shape index (κ2) is 5.44. The van der Waals surface area contributed by atoms with Gasteiger partial charge in [-0.2, -0.15) is 13.2 Å². The van der Waals surface area contributed by atoms with Crippen LogP contribution in [0.25, 0.3) is 0 Å². The van der Waals surface area contributed by atoms with Gasteiger partial charge in [0, 0.05) is 5.88 Å². The van der Waals surface area contributed by atoms with E-state index in [2.05, 4.69) is 0 Å². The van der Waals surface area contributed by atoms with Crippen molar-refractivity contribution in [2.45, 2.75) is 30.9 Å². The molecule has 0 aliphatic rings. The van der Waals surface area contributed by atoms with Crippen molar-refractivity contribution in [3.8, 4) is 0 Å². The number of benzene rings is 1. The lowest BCUT2D eigenvalue weighted by Crippen LogP contribution is -2.50. The molecule has 0 bridgehead atoms. The molecule has 1 unspecified atom stereocenters. The van der Waals surface area contributed by atoms with Crippen LogP contribution in [0.3, 0.4) is 0 Å². The van der Waals surface area contributed by atoms with Crippen LogP contribution in [0.5, 0.6) is 0 Å². The van der Waals surface area contributed by atoms with Gasteiger partial charge >= 0.3 is 5.80 Å². The molecule has 1 aromatic rings. The van der Waals surface area contributed by atoms with Crippen molar-refractivity contribution in [2.75, 3.05) is 5.88 Å². The molecule has 0 N–H and O–H groups in total. The van der Waals surface area contributed by atoms with E-state index in [-0.39, 0.29) is 5.88 Å². The number of halogens is 4. The zero-order valence-corrected chi connectivity index (χ0v) is 11.6. The maximum Gasteiger partial charge on any atom is 0.361 e. The van der Waals surface area contributed by atoms with Crippen molar-refractivity contribution in [2.24, 2.45) is 0 Å². The fourth-order valence-electron chi connectivity index (χ4n) is 1.94. The molecular formula is C12H16ClF3Si. The third-order valence-corrected chi connectivity index (χ3v) is 7.25. The predicted octanol–water partition coefficient (Wildman–Crippen LogP) is 4.75. The van der Waals surface area contributed by atoms with E-state index in [1.165, 1.54) is 13.1 Å². The standard InChI is InChI=1S/C12H16ClF3Si/c1-17(2,12(14,15)16)11(8-9-13)10-6-4-3-5-7-10/h3-7,11H,8-9H2,1-2H3. The average Bonchev–Trinajstić information content (AvgIpc) is 2.25. The Morgan fingerprint density at radius 2 is 1.71 bits per heavy atom. The molecule has 1 rings (SSSR count). The van der Waals surface area contributed by atoms with E-state index in [1.807, 2.05) is 6.07 Å². The predicted molar refractivity (Wildman–Crippen MR) is 68.1 cm³/mol. The summed E-state index contributed by atoms with van der Waals surface area (Å²) in [5, 5.41) is 0. The highest BCUT2D eigenvalue weighted by molar-refractivity contribution is 6.80. The fraction of sp³-hybridized carbons (Fsp3) is 0.500. The Hall–Kier alpha value is -0.483. The third kappa shape index (κ3) is 3.25. The number of hydrogen-bond acceptors (Lipinski definition) is 0. The Labute approximate surface area is 106 Å². The quantitative estimate of drug-likeness (QED) is 0.552. The van der Waals surface area contributed by atoms with Crippen LogP contribution in [0.15, 0.2) is 30.3 Å². The zero-order chi connectivity index (χ0) is 13.1. The van der Waals surface area contributed by atoms with Gasteiger partial charge in [0.15, 0.2) is 8.07 Å². The van der Waals surface area contributed by atoms with Crippen LogP contribution in [0.2, 0.25) is 13.1 Å². The maximum absolute atomic E-state index is 13.1. The first-order valence-corrected chi connectivity index (χ1v) is 9.09. The highest BCUT2D eigenvalue weighted by atomic mass is 35.5. The van der Waals surface area contributed by atoms with Gasteiger partial charge in [-0.25, -0.2) is 0 Å². The number of alkyl halides is 4. The molecule has 0 spiro atoms. The molecule has 0 fully saturated rings. The second-order valence-electron chi connectivity index (χ2n) is 4.66. The van der Waals surface area contributed by atoms with Crippen molar-refractivity contribution in [3.63, 3.8) is 0 Å². The van der Waals surface area contributed by atoms with Gasteiger partial charge in [0.2, 0.25) is 0 Å². The number of hydrogen-bond donors (Lipinski definition) is 0. The Morgan fingerprint density at radius 1 is 1.18 bits per heavy atom. The van der Waals surface area contributed by atoms with Crippen molar-refractivity contribution in [3.05, 3.63) is 35.9 Å². The zero-order valence-electron chi connectivity index (χ0n) is 9.89. The third-order valence-electron chi connectivity index (χ3n) is 3.20. The Balaban J connectivity index is 3.10. The summed E-state index contributed by atoms with van der Waals surface area (Å²) in [5.74, 6) is -3.84. The van der Waals surface area contributed by atoms with Crippen molar-refractivity contribution >= 4 is 19.7 Å². The van der Waals surface area contributed by atoms with Crippen molar-refractivity contribution < 1.29 is 13.2 Å². The van der Waals surface area contributed by atoms with Crippen LogP contribution >= 0.6 is 11.6 Å². The lowest BCUT2D eigenvalue weighted by atomic mass is 10.1. The summed E-state index contributed by atoms with van der Waals surface area (Å²) in [6, 6.07) is 8.88. The minimum atomic E-state index is -4.10. The molecule has 0 saturated heterocycles. The highest BCUT2D eigenvalue weighted by Gasteiger charge is 2.54. The summed E-state index contributed by atoms with van der Waals surface area (Å²) < 4.78 is 39.3. The average molecular weight is 281 g/mol. The van der Waals surface area contributed by atoms with Crippen LogP contribution in [-0.2, 0) is 0 Å². The minimum absolute atomic E-state index is 0.256. The van der Waals surface area contributed by atoms with E-state index in [9.17, 15) is 13.2 Å². The van der Waals surface area contributed by atoms with Gasteiger partial charge in [-0.05, 0) is 17.5 Å². The normalized spacial score (nSPS) is 14.7. The molecule has 0 aliphatic carbocycles. The molecule has 0 aromatic heterocycles. The van der Waals surface area contributed by atoms with Gasteiger partial charge in [0.25, 0.3) is 0 Å². The molecular weight excluding hydrogens is 265 g/mol. The molecule has 0 nitrogen and oxygen atoms in total. The highest BCUT2D eigenvalue weighted by Crippen LogP contribution is 2.41. The fourth-order valence-corrected chi connectivity index (χ4v) is 4.62. The smallest absolute Gasteiger partial charge is 0.177 e. The molecule has 1 aromatic carbocycles. The SMILES string of the molecule is C[Si](C)(C(CCCl)c1ccccc1)C(F)(F)F. The van der Waals surface area contributed by atoms with Gasteiger partial charge in [0.1, 0.15) is 0 Å². The molecule has 1 atom stereocenters. The van der Waals surface area contributed by atoms with Gasteiger partial charge in [0.05, 0.1) is 0 Å². The molecule has 0 radical (unpaired) electrons. The summed E-state index contributed by atoms with van der Waals surface area (Å²) in [6.07, 6.45) is 0.379. The van der Waals surface area contributed by atoms with E-state index in [0.29, 0.717) is 6.42 Å². The second-order valence-corrected chi connectivity index (χ2v) is 9.75. The first-order chi connectivity index (χ1) is 7.80. The topological polar surface area (TPSA) is 0 Å². The lowest BCUT2D eigenvalue weighted by Gasteiger charge is -2.34. The maximum atomic E-state index is 13.1. The summed E-state index contributed by atoms with van der Waals surface area (Å²) in [4.78, 5) is 0. The van der Waals surface area contributed by atoms with Gasteiger partial charge in [-0.1, -0.05) is 43.4 Å². The van der Waals surface area contributed by atoms with Crippen LogP contribution < -0.4 is 0 Å². The summed E-state index contributed by atoms with van der Waals surface area (Å²) in [7, 11) is -3.38. The van der Waals surface area contributed by atoms with Crippen LogP contribution in [0.4, 0.5) is 13.2 Å². The van der Waals surface area contributed by atoms with Crippen molar-refractivity contribution in [1.82, 2.24) is 0 Å². The minimum Gasteiger partial charge on any atom is -0.177 e. The van der Waals surface area contributed by atoms with Crippen molar-refractivity contribution in [1.29, 1.82) is 0 Å². The Morgan fingerprint density at radius 3 is 2.12 bits per heavy atom. The van der Waals surface area contributed by atoms with Gasteiger partial charge in [-0.15, -0.1) is 11.6 Å². The summed E-state index contributed by atoms with van der Waals surface area (Å²) in [5.41, 5.74) is 0.281. The van der Waals surface area contributed by atoms with E-state index in [1.54, 1.807) is 24.3 Å². The molecule has 0 saturated carbocycles. The summed E-state index contributed by atoms with van der Waals surface area (Å²) >= 11 is 5.66. The van der Waals surface area contributed by atoms with Crippen LogP contribution in [0, 0.1) is 0 Å². The molecule has 0 amide bonds. The monoisotopic (exact) mass is 280 g/mol. The lowest BCUT2D eigenvalue weighted by molar-refractivity contribution is -0.0576. The first kappa shape index (κ1) is 14.6. The van der Waals surface area contributed by atoms with Gasteiger partial charge in [-0.3, -0.25) is 0 Å².